The van der Waals surface area contributed by atoms with Crippen LogP contribution in [0.15, 0.2) is 48.5 Å². The zero-order valence-electron chi connectivity index (χ0n) is 11.5. The second-order valence-corrected chi connectivity index (χ2v) is 6.12. The molecule has 3 nitrogen and oxygen atoms in total. The summed E-state index contributed by atoms with van der Waals surface area (Å²) in [5.41, 5.74) is -5.66. The molecule has 0 atom stereocenters. The summed E-state index contributed by atoms with van der Waals surface area (Å²) in [5, 5.41) is 0. The summed E-state index contributed by atoms with van der Waals surface area (Å²) < 4.78 is 99.6. The van der Waals surface area contributed by atoms with Crippen LogP contribution in [-0.4, -0.2) is 13.9 Å². The summed E-state index contributed by atoms with van der Waals surface area (Å²) >= 11 is 0. The predicted octanol–water partition coefficient (Wildman–Crippen LogP) is 4.60. The quantitative estimate of drug-likeness (QED) is 0.451. The molecular formula is C14H8F6O3S. The first-order valence-corrected chi connectivity index (χ1v) is 7.59. The molecule has 0 aromatic heterocycles. The Balaban J connectivity index is 2.21. The summed E-state index contributed by atoms with van der Waals surface area (Å²) in [6.07, 6.45) is -4.48. The van der Waals surface area contributed by atoms with Crippen LogP contribution >= 0.6 is 0 Å². The topological polar surface area (TPSA) is 43.4 Å². The molecule has 10 heteroatoms. The lowest BCUT2D eigenvalue weighted by Crippen LogP contribution is -2.28. The highest BCUT2D eigenvalue weighted by molar-refractivity contribution is 7.88. The van der Waals surface area contributed by atoms with Gasteiger partial charge in [0, 0.05) is 0 Å². The van der Waals surface area contributed by atoms with Crippen LogP contribution in [0, 0.1) is 0 Å². The Kier molecular flexibility index (Phi) is 4.53. The van der Waals surface area contributed by atoms with Gasteiger partial charge < -0.3 is 4.18 Å². The van der Waals surface area contributed by atoms with E-state index in [0.717, 1.165) is 24.3 Å². The van der Waals surface area contributed by atoms with Crippen LogP contribution in [0.25, 0.3) is 11.1 Å². The molecule has 0 saturated heterocycles. The lowest BCUT2D eigenvalue weighted by atomic mass is 10.0. The molecule has 0 N–H and O–H groups in total. The van der Waals surface area contributed by atoms with Crippen molar-refractivity contribution in [3.8, 4) is 16.9 Å². The van der Waals surface area contributed by atoms with Crippen molar-refractivity contribution in [1.29, 1.82) is 0 Å². The third-order valence-electron chi connectivity index (χ3n) is 2.89. The van der Waals surface area contributed by atoms with Gasteiger partial charge in [-0.15, -0.1) is 0 Å². The highest BCUT2D eigenvalue weighted by Gasteiger charge is 2.48. The normalized spacial score (nSPS) is 12.9. The lowest BCUT2D eigenvalue weighted by Gasteiger charge is -2.10. The van der Waals surface area contributed by atoms with Crippen molar-refractivity contribution in [3.05, 3.63) is 54.1 Å². The molecule has 0 spiro atoms. The molecule has 0 unspecified atom stereocenters. The van der Waals surface area contributed by atoms with Crippen LogP contribution in [0.4, 0.5) is 26.3 Å². The van der Waals surface area contributed by atoms with Crippen molar-refractivity contribution >= 4 is 10.1 Å². The fourth-order valence-corrected chi connectivity index (χ4v) is 2.19. The van der Waals surface area contributed by atoms with Crippen molar-refractivity contribution in [2.24, 2.45) is 0 Å². The molecule has 0 fully saturated rings. The second-order valence-electron chi connectivity index (χ2n) is 4.58. The molecule has 2 aromatic rings. The van der Waals surface area contributed by atoms with E-state index in [2.05, 4.69) is 4.18 Å². The van der Waals surface area contributed by atoms with Crippen molar-refractivity contribution in [2.75, 3.05) is 0 Å². The standard InChI is InChI=1S/C14H8F6O3S/c15-13(16,17)11-5-1-9(2-6-11)10-3-7-12(8-4-10)23-24(21,22)14(18,19)20/h1-8H. The fourth-order valence-electron chi connectivity index (χ4n) is 1.73. The van der Waals surface area contributed by atoms with Gasteiger partial charge in [-0.1, -0.05) is 24.3 Å². The van der Waals surface area contributed by atoms with Gasteiger partial charge in [0.15, 0.2) is 0 Å². The number of alkyl halides is 6. The van der Waals surface area contributed by atoms with Gasteiger partial charge in [0.05, 0.1) is 5.56 Å². The van der Waals surface area contributed by atoms with Gasteiger partial charge in [0.2, 0.25) is 0 Å². The zero-order chi connectivity index (χ0) is 18.2. The van der Waals surface area contributed by atoms with Gasteiger partial charge in [-0.2, -0.15) is 34.8 Å². The first-order chi connectivity index (χ1) is 10.9. The van der Waals surface area contributed by atoms with Crippen molar-refractivity contribution in [1.82, 2.24) is 0 Å². The molecule has 0 amide bonds. The number of halogens is 6. The van der Waals surface area contributed by atoms with Crippen molar-refractivity contribution in [2.45, 2.75) is 11.7 Å². The largest absolute Gasteiger partial charge is 0.534 e. The Morgan fingerprint density at radius 2 is 1.12 bits per heavy atom. The minimum atomic E-state index is -5.78. The van der Waals surface area contributed by atoms with Gasteiger partial charge in [-0.3, -0.25) is 0 Å². The molecule has 0 radical (unpaired) electrons. The number of hydrogen-bond donors (Lipinski definition) is 0. The Morgan fingerprint density at radius 3 is 1.50 bits per heavy atom. The van der Waals surface area contributed by atoms with Gasteiger partial charge >= 0.3 is 21.8 Å². The second kappa shape index (κ2) is 6.00. The third kappa shape index (κ3) is 3.99. The van der Waals surface area contributed by atoms with Crippen LogP contribution in [0.5, 0.6) is 5.75 Å². The van der Waals surface area contributed by atoms with E-state index in [9.17, 15) is 34.8 Å². The van der Waals surface area contributed by atoms with Gasteiger partial charge in [0.25, 0.3) is 0 Å². The average molecular weight is 370 g/mol. The van der Waals surface area contributed by atoms with E-state index in [-0.39, 0.29) is 0 Å². The number of rotatable bonds is 3. The minimum Gasteiger partial charge on any atom is -0.376 e. The monoisotopic (exact) mass is 370 g/mol. The highest BCUT2D eigenvalue weighted by Crippen LogP contribution is 2.32. The summed E-state index contributed by atoms with van der Waals surface area (Å²) in [6.45, 7) is 0. The molecule has 24 heavy (non-hydrogen) atoms. The van der Waals surface area contributed by atoms with E-state index < -0.39 is 33.1 Å². The van der Waals surface area contributed by atoms with Gasteiger partial charge in [-0.05, 0) is 35.4 Å². The van der Waals surface area contributed by atoms with E-state index in [4.69, 9.17) is 0 Å². The van der Waals surface area contributed by atoms with Gasteiger partial charge in [0.1, 0.15) is 5.75 Å². The van der Waals surface area contributed by atoms with E-state index in [1.54, 1.807) is 0 Å². The molecule has 0 aliphatic heterocycles. The molecule has 0 heterocycles. The van der Waals surface area contributed by atoms with Crippen molar-refractivity contribution < 1.29 is 38.9 Å². The summed E-state index contributed by atoms with van der Waals surface area (Å²) in [5.74, 6) is -0.567. The van der Waals surface area contributed by atoms with Crippen LogP contribution < -0.4 is 4.18 Å². The lowest BCUT2D eigenvalue weighted by molar-refractivity contribution is -0.137. The first-order valence-electron chi connectivity index (χ1n) is 6.18. The van der Waals surface area contributed by atoms with Crippen LogP contribution in [-0.2, 0) is 16.3 Å². The smallest absolute Gasteiger partial charge is 0.376 e. The SMILES string of the molecule is O=S(=O)(Oc1ccc(-c2ccc(C(F)(F)F)cc2)cc1)C(F)(F)F. The maximum absolute atomic E-state index is 12.5. The molecule has 0 bridgehead atoms. The summed E-state index contributed by atoms with van der Waals surface area (Å²) in [4.78, 5) is 0. The van der Waals surface area contributed by atoms with Gasteiger partial charge in [-0.25, -0.2) is 0 Å². The molecule has 130 valence electrons. The van der Waals surface area contributed by atoms with Crippen LogP contribution in [0.3, 0.4) is 0 Å². The molecule has 2 rings (SSSR count). The summed E-state index contributed by atoms with van der Waals surface area (Å²) in [6, 6.07) is 8.47. The zero-order valence-corrected chi connectivity index (χ0v) is 12.3. The van der Waals surface area contributed by atoms with Crippen LogP contribution in [0.2, 0.25) is 0 Å². The predicted molar refractivity (Wildman–Crippen MR) is 72.5 cm³/mol. The Labute approximate surface area is 132 Å². The summed E-state index contributed by atoms with van der Waals surface area (Å²) in [7, 11) is -5.78. The number of benzene rings is 2. The first kappa shape index (κ1) is 18.1. The van der Waals surface area contributed by atoms with Crippen LogP contribution in [0.1, 0.15) is 5.56 Å². The fraction of sp³-hybridized carbons (Fsp3) is 0.143. The van der Waals surface area contributed by atoms with E-state index in [0.29, 0.717) is 11.1 Å². The van der Waals surface area contributed by atoms with E-state index >= 15 is 0 Å². The highest BCUT2D eigenvalue weighted by atomic mass is 32.2. The van der Waals surface area contributed by atoms with Crippen molar-refractivity contribution in [3.63, 3.8) is 0 Å². The molecule has 0 saturated carbocycles. The Bertz CT molecular complexity index is 806. The van der Waals surface area contributed by atoms with E-state index in [1.807, 2.05) is 0 Å². The van der Waals surface area contributed by atoms with E-state index in [1.165, 1.54) is 24.3 Å². The molecule has 0 aliphatic carbocycles. The molecule has 2 aromatic carbocycles. The maximum Gasteiger partial charge on any atom is 0.534 e. The molecule has 0 aliphatic rings. The minimum absolute atomic E-state index is 0.369. The number of hydrogen-bond acceptors (Lipinski definition) is 3. The average Bonchev–Trinajstić information content (AvgIpc) is 2.46. The Morgan fingerprint density at radius 1 is 0.708 bits per heavy atom. The Hall–Kier alpha value is -2.23. The maximum atomic E-state index is 12.5. The molecular weight excluding hydrogens is 362 g/mol. The third-order valence-corrected chi connectivity index (χ3v) is 3.87.